The second kappa shape index (κ2) is 8.37. The van der Waals surface area contributed by atoms with Crippen LogP contribution < -0.4 is 0 Å². The minimum Gasteiger partial charge on any atom is -0.508 e. The maximum atomic E-state index is 9.81. The molecule has 1 aromatic rings. The van der Waals surface area contributed by atoms with E-state index in [2.05, 4.69) is 11.0 Å². The predicted octanol–water partition coefficient (Wildman–Crippen LogP) is 2.75. The van der Waals surface area contributed by atoms with Crippen molar-refractivity contribution in [3.8, 4) is 5.75 Å². The first-order valence-corrected chi connectivity index (χ1v) is 7.80. The van der Waals surface area contributed by atoms with Crippen LogP contribution >= 0.6 is 0 Å². The van der Waals surface area contributed by atoms with Crippen LogP contribution in [0.3, 0.4) is 0 Å². The largest absolute Gasteiger partial charge is 0.508 e. The maximum absolute atomic E-state index is 9.81. The van der Waals surface area contributed by atoms with E-state index in [1.807, 2.05) is 6.07 Å². The van der Waals surface area contributed by atoms with Crippen molar-refractivity contribution in [1.82, 2.24) is 4.90 Å². The Hall–Kier alpha value is -1.10. The molecule has 21 heavy (non-hydrogen) atoms. The van der Waals surface area contributed by atoms with E-state index in [0.29, 0.717) is 11.8 Å². The minimum atomic E-state index is 0.365. The molecule has 1 aliphatic carbocycles. The molecule has 4 heteroatoms. The zero-order chi connectivity index (χ0) is 15.1. The highest BCUT2D eigenvalue weighted by molar-refractivity contribution is 5.38. The average molecular weight is 293 g/mol. The number of phenolic OH excluding ortho intramolecular Hbond substituents is 1. The van der Waals surface area contributed by atoms with Crippen LogP contribution in [0.2, 0.25) is 0 Å². The molecule has 0 heterocycles. The van der Waals surface area contributed by atoms with Crippen molar-refractivity contribution in [1.29, 1.82) is 0 Å². The van der Waals surface area contributed by atoms with E-state index < -0.39 is 0 Å². The van der Waals surface area contributed by atoms with Gasteiger partial charge in [-0.2, -0.15) is 0 Å². The van der Waals surface area contributed by atoms with Crippen molar-refractivity contribution in [2.75, 3.05) is 40.5 Å². The zero-order valence-electron chi connectivity index (χ0n) is 13.2. The fourth-order valence-corrected chi connectivity index (χ4v) is 3.18. The van der Waals surface area contributed by atoms with Gasteiger partial charge >= 0.3 is 0 Å². The van der Waals surface area contributed by atoms with Gasteiger partial charge in [-0.3, -0.25) is 4.90 Å². The van der Waals surface area contributed by atoms with Crippen LogP contribution in [0.25, 0.3) is 0 Å². The molecule has 0 aromatic heterocycles. The molecule has 0 aliphatic heterocycles. The molecular formula is C17H27NO3. The van der Waals surface area contributed by atoms with Crippen molar-refractivity contribution < 1.29 is 14.6 Å². The molecule has 2 rings (SSSR count). The van der Waals surface area contributed by atoms with Crippen LogP contribution in [0.5, 0.6) is 5.75 Å². The third-order valence-corrected chi connectivity index (χ3v) is 4.23. The molecular weight excluding hydrogens is 266 g/mol. The number of phenols is 1. The monoisotopic (exact) mass is 293 g/mol. The van der Waals surface area contributed by atoms with Crippen LogP contribution in [0.1, 0.15) is 36.4 Å². The number of hydrogen-bond acceptors (Lipinski definition) is 4. The lowest BCUT2D eigenvalue weighted by Crippen LogP contribution is -2.35. The highest BCUT2D eigenvalue weighted by Gasteiger charge is 2.25. The number of aromatic hydroxyl groups is 1. The number of nitrogens with zero attached hydrogens (tertiary/aromatic N) is 1. The molecule has 1 N–H and O–H groups in total. The van der Waals surface area contributed by atoms with E-state index in [1.165, 1.54) is 17.5 Å². The average Bonchev–Trinajstić information content (AvgIpc) is 2.50. The van der Waals surface area contributed by atoms with Gasteiger partial charge in [-0.25, -0.2) is 0 Å². The van der Waals surface area contributed by atoms with E-state index in [0.717, 1.165) is 45.6 Å². The molecule has 0 amide bonds. The molecule has 0 saturated heterocycles. The fraction of sp³-hybridized carbons (Fsp3) is 0.647. The smallest absolute Gasteiger partial charge is 0.115 e. The predicted molar refractivity (Wildman–Crippen MR) is 83.7 cm³/mol. The van der Waals surface area contributed by atoms with Gasteiger partial charge in [-0.15, -0.1) is 0 Å². The summed E-state index contributed by atoms with van der Waals surface area (Å²) in [5.41, 5.74) is 2.66. The standard InChI is InChI=1S/C17H27NO3/c1-20-11-4-9-18(10-12-21-2)17-6-3-5-14-7-8-15(19)13-16(14)17/h7-8,13,17,19H,3-6,9-12H2,1-2H3. The van der Waals surface area contributed by atoms with Crippen molar-refractivity contribution in [2.45, 2.75) is 31.7 Å². The van der Waals surface area contributed by atoms with Gasteiger partial charge in [0, 0.05) is 40.0 Å². The maximum Gasteiger partial charge on any atom is 0.115 e. The van der Waals surface area contributed by atoms with Gasteiger partial charge in [0.05, 0.1) is 6.61 Å². The van der Waals surface area contributed by atoms with E-state index in [9.17, 15) is 5.11 Å². The summed E-state index contributed by atoms with van der Waals surface area (Å²) in [5, 5.41) is 9.81. The molecule has 0 radical (unpaired) electrons. The van der Waals surface area contributed by atoms with Gasteiger partial charge in [0.1, 0.15) is 5.75 Å². The highest BCUT2D eigenvalue weighted by atomic mass is 16.5. The van der Waals surface area contributed by atoms with Crippen molar-refractivity contribution in [2.24, 2.45) is 0 Å². The van der Waals surface area contributed by atoms with E-state index >= 15 is 0 Å². The van der Waals surface area contributed by atoms with E-state index in [1.54, 1.807) is 20.3 Å². The third-order valence-electron chi connectivity index (χ3n) is 4.23. The number of hydrogen-bond donors (Lipinski definition) is 1. The zero-order valence-corrected chi connectivity index (χ0v) is 13.2. The lowest BCUT2D eigenvalue weighted by atomic mass is 9.86. The summed E-state index contributed by atoms with van der Waals surface area (Å²) in [6.07, 6.45) is 4.48. The Kier molecular flexibility index (Phi) is 6.49. The summed E-state index contributed by atoms with van der Waals surface area (Å²) in [5.74, 6) is 0.365. The normalized spacial score (nSPS) is 18.0. The summed E-state index contributed by atoms with van der Waals surface area (Å²) in [6, 6.07) is 6.19. The lowest BCUT2D eigenvalue weighted by molar-refractivity contribution is 0.0991. The van der Waals surface area contributed by atoms with E-state index in [-0.39, 0.29) is 0 Å². The van der Waals surface area contributed by atoms with Crippen LogP contribution in [-0.4, -0.2) is 50.5 Å². The molecule has 1 aromatic carbocycles. The molecule has 1 unspecified atom stereocenters. The summed E-state index contributed by atoms with van der Waals surface area (Å²) < 4.78 is 10.4. The molecule has 4 nitrogen and oxygen atoms in total. The first-order valence-electron chi connectivity index (χ1n) is 7.80. The molecule has 0 spiro atoms. The van der Waals surface area contributed by atoms with Crippen LogP contribution in [-0.2, 0) is 15.9 Å². The Morgan fingerprint density at radius 3 is 2.76 bits per heavy atom. The van der Waals surface area contributed by atoms with Crippen molar-refractivity contribution in [3.63, 3.8) is 0 Å². The Balaban J connectivity index is 2.13. The first kappa shape index (κ1) is 16.3. The molecule has 118 valence electrons. The molecule has 1 aliphatic rings. The van der Waals surface area contributed by atoms with Crippen LogP contribution in [0.4, 0.5) is 0 Å². The number of fused-ring (bicyclic) bond motifs is 1. The van der Waals surface area contributed by atoms with Crippen molar-refractivity contribution in [3.05, 3.63) is 29.3 Å². The van der Waals surface area contributed by atoms with Crippen LogP contribution in [0, 0.1) is 0 Å². The third kappa shape index (κ3) is 4.43. The number of ether oxygens (including phenoxy) is 2. The van der Waals surface area contributed by atoms with E-state index in [4.69, 9.17) is 9.47 Å². The van der Waals surface area contributed by atoms with Gasteiger partial charge in [0.15, 0.2) is 0 Å². The fourth-order valence-electron chi connectivity index (χ4n) is 3.18. The van der Waals surface area contributed by atoms with Crippen molar-refractivity contribution >= 4 is 0 Å². The molecule has 1 atom stereocenters. The number of aryl methyl sites for hydroxylation is 1. The summed E-state index contributed by atoms with van der Waals surface area (Å²) in [6.45, 7) is 3.43. The second-order valence-electron chi connectivity index (χ2n) is 5.67. The second-order valence-corrected chi connectivity index (χ2v) is 5.67. The van der Waals surface area contributed by atoms with Gasteiger partial charge in [0.25, 0.3) is 0 Å². The number of methoxy groups -OCH3 is 2. The highest BCUT2D eigenvalue weighted by Crippen LogP contribution is 2.36. The lowest BCUT2D eigenvalue weighted by Gasteiger charge is -2.36. The van der Waals surface area contributed by atoms with Gasteiger partial charge in [0.2, 0.25) is 0 Å². The summed E-state index contributed by atoms with van der Waals surface area (Å²) in [4.78, 5) is 2.47. The molecule has 0 saturated carbocycles. The SMILES string of the molecule is COCCCN(CCOC)C1CCCc2ccc(O)cc21. The Labute approximate surface area is 127 Å². The molecule has 0 fully saturated rings. The summed E-state index contributed by atoms with van der Waals surface area (Å²) in [7, 11) is 3.49. The summed E-state index contributed by atoms with van der Waals surface area (Å²) >= 11 is 0. The van der Waals surface area contributed by atoms with Gasteiger partial charge in [-0.1, -0.05) is 6.07 Å². The quantitative estimate of drug-likeness (QED) is 0.748. The first-order chi connectivity index (χ1) is 10.3. The Bertz CT molecular complexity index is 436. The Morgan fingerprint density at radius 1 is 1.19 bits per heavy atom. The minimum absolute atomic E-state index is 0.365. The number of benzene rings is 1. The van der Waals surface area contributed by atoms with Gasteiger partial charge in [-0.05, 0) is 48.9 Å². The van der Waals surface area contributed by atoms with Gasteiger partial charge < -0.3 is 14.6 Å². The Morgan fingerprint density at radius 2 is 2.00 bits per heavy atom. The van der Waals surface area contributed by atoms with Crippen LogP contribution in [0.15, 0.2) is 18.2 Å². The molecule has 0 bridgehead atoms. The topological polar surface area (TPSA) is 41.9 Å². The number of rotatable bonds is 8.